The summed E-state index contributed by atoms with van der Waals surface area (Å²) in [6.07, 6.45) is 12.2. The number of amides is 1. The van der Waals surface area contributed by atoms with Gasteiger partial charge in [-0.2, -0.15) is 0 Å². The average Bonchev–Trinajstić information content (AvgIpc) is 3.10. The van der Waals surface area contributed by atoms with Gasteiger partial charge in [0.1, 0.15) is 0 Å². The van der Waals surface area contributed by atoms with Crippen LogP contribution in [0.15, 0.2) is 24.3 Å². The van der Waals surface area contributed by atoms with Gasteiger partial charge < -0.3 is 9.64 Å². The van der Waals surface area contributed by atoms with Crippen molar-refractivity contribution in [3.8, 4) is 0 Å². The summed E-state index contributed by atoms with van der Waals surface area (Å²) in [6.45, 7) is 6.06. The van der Waals surface area contributed by atoms with E-state index >= 15 is 0 Å². The molecule has 4 fully saturated rings. The summed E-state index contributed by atoms with van der Waals surface area (Å²) in [4.78, 5) is 18.0. The minimum absolute atomic E-state index is 0.152. The second-order valence-corrected chi connectivity index (χ2v) is 10.3. The number of hydrogen-bond donors (Lipinski definition) is 0. The Kier molecular flexibility index (Phi) is 5.90. The van der Waals surface area contributed by atoms with Gasteiger partial charge in [0.15, 0.2) is 0 Å². The molecule has 4 aliphatic rings. The summed E-state index contributed by atoms with van der Waals surface area (Å²) in [6, 6.07) is 10.6. The SMILES string of the molecule is C[C@H]1CCCCN1C1CCC(c2ccc(N3CCC4(CCOCC4)C3=O)cc2)CC1. The van der Waals surface area contributed by atoms with E-state index in [0.29, 0.717) is 11.8 Å². The Bertz CT molecular complexity index is 732. The van der Waals surface area contributed by atoms with Gasteiger partial charge in [0.05, 0.1) is 5.41 Å². The Morgan fingerprint density at radius 1 is 0.900 bits per heavy atom. The van der Waals surface area contributed by atoms with Gasteiger partial charge in [-0.3, -0.25) is 9.69 Å². The van der Waals surface area contributed by atoms with Crippen molar-refractivity contribution in [2.45, 2.75) is 89.1 Å². The third-order valence-corrected chi connectivity index (χ3v) is 8.66. The first-order chi connectivity index (χ1) is 14.7. The van der Waals surface area contributed by atoms with Gasteiger partial charge in [-0.1, -0.05) is 18.6 Å². The topological polar surface area (TPSA) is 32.8 Å². The highest BCUT2D eigenvalue weighted by Crippen LogP contribution is 2.43. The van der Waals surface area contributed by atoms with Crippen LogP contribution in [-0.2, 0) is 9.53 Å². The van der Waals surface area contributed by atoms with Crippen molar-refractivity contribution in [2.75, 3.05) is 31.2 Å². The normalized spacial score (nSPS) is 32.6. The van der Waals surface area contributed by atoms with Crippen LogP contribution in [0.4, 0.5) is 5.69 Å². The first-order valence-electron chi connectivity index (χ1n) is 12.4. The van der Waals surface area contributed by atoms with Crippen molar-refractivity contribution in [1.82, 2.24) is 4.90 Å². The lowest BCUT2D eigenvalue weighted by molar-refractivity contribution is -0.130. The fourth-order valence-corrected chi connectivity index (χ4v) is 6.62. The highest BCUT2D eigenvalue weighted by molar-refractivity contribution is 5.99. The van der Waals surface area contributed by atoms with Crippen LogP contribution < -0.4 is 4.90 Å². The molecule has 1 spiro atoms. The van der Waals surface area contributed by atoms with Crippen molar-refractivity contribution in [1.29, 1.82) is 0 Å². The smallest absolute Gasteiger partial charge is 0.233 e. The number of carbonyl (C=O) groups is 1. The van der Waals surface area contributed by atoms with E-state index in [0.717, 1.165) is 56.8 Å². The Morgan fingerprint density at radius 3 is 2.33 bits per heavy atom. The molecule has 30 heavy (non-hydrogen) atoms. The van der Waals surface area contributed by atoms with Crippen LogP contribution in [-0.4, -0.2) is 49.2 Å². The van der Waals surface area contributed by atoms with Crippen molar-refractivity contribution in [3.05, 3.63) is 29.8 Å². The third kappa shape index (κ3) is 3.82. The van der Waals surface area contributed by atoms with Crippen LogP contribution in [0, 0.1) is 5.41 Å². The molecule has 1 saturated carbocycles. The Balaban J connectivity index is 1.19. The van der Waals surface area contributed by atoms with Gasteiger partial charge >= 0.3 is 0 Å². The summed E-state index contributed by atoms with van der Waals surface area (Å²) >= 11 is 0. The van der Waals surface area contributed by atoms with E-state index in [2.05, 4.69) is 36.1 Å². The Hall–Kier alpha value is -1.39. The second kappa shape index (κ2) is 8.63. The number of hydrogen-bond acceptors (Lipinski definition) is 3. The quantitative estimate of drug-likeness (QED) is 0.693. The lowest BCUT2D eigenvalue weighted by Crippen LogP contribution is -2.46. The van der Waals surface area contributed by atoms with Gasteiger partial charge in [-0.25, -0.2) is 0 Å². The fourth-order valence-electron chi connectivity index (χ4n) is 6.62. The van der Waals surface area contributed by atoms with E-state index in [1.54, 1.807) is 0 Å². The number of carbonyl (C=O) groups excluding carboxylic acids is 1. The minimum atomic E-state index is -0.152. The predicted octanol–water partition coefficient (Wildman–Crippen LogP) is 5.12. The van der Waals surface area contributed by atoms with Crippen molar-refractivity contribution < 1.29 is 9.53 Å². The predicted molar refractivity (Wildman–Crippen MR) is 121 cm³/mol. The maximum Gasteiger partial charge on any atom is 0.233 e. The molecule has 4 nitrogen and oxygen atoms in total. The molecule has 3 heterocycles. The zero-order valence-corrected chi connectivity index (χ0v) is 18.7. The number of ether oxygens (including phenoxy) is 1. The standard InChI is InChI=1S/C26H38N2O2/c1-20-4-2-3-16-27(20)23-9-5-21(6-10-23)22-7-11-24(12-8-22)28-17-13-26(25(28)29)14-18-30-19-15-26/h7-8,11-12,20-21,23H,2-6,9-10,13-19H2,1H3/t20-,21?,23?/m0/s1. The third-order valence-electron chi connectivity index (χ3n) is 8.66. The molecule has 0 radical (unpaired) electrons. The first-order valence-corrected chi connectivity index (χ1v) is 12.4. The molecule has 0 bridgehead atoms. The van der Waals surface area contributed by atoms with E-state index < -0.39 is 0 Å². The van der Waals surface area contributed by atoms with Gasteiger partial charge in [0, 0.05) is 37.5 Å². The van der Waals surface area contributed by atoms with Gasteiger partial charge in [0.25, 0.3) is 0 Å². The molecule has 3 saturated heterocycles. The van der Waals surface area contributed by atoms with E-state index in [1.165, 1.54) is 57.1 Å². The summed E-state index contributed by atoms with van der Waals surface area (Å²) in [7, 11) is 0. The molecule has 3 aliphatic heterocycles. The molecule has 0 aromatic heterocycles. The molecular formula is C26H38N2O2. The second-order valence-electron chi connectivity index (χ2n) is 10.3. The van der Waals surface area contributed by atoms with Crippen molar-refractivity contribution in [2.24, 2.45) is 5.41 Å². The molecule has 1 aliphatic carbocycles. The monoisotopic (exact) mass is 410 g/mol. The maximum atomic E-state index is 13.1. The number of rotatable bonds is 3. The highest BCUT2D eigenvalue weighted by atomic mass is 16.5. The molecular weight excluding hydrogens is 372 g/mol. The Morgan fingerprint density at radius 2 is 1.63 bits per heavy atom. The minimum Gasteiger partial charge on any atom is -0.381 e. The lowest BCUT2D eigenvalue weighted by Gasteiger charge is -2.43. The zero-order valence-electron chi connectivity index (χ0n) is 18.7. The molecule has 1 atom stereocenters. The van der Waals surface area contributed by atoms with Gasteiger partial charge in [-0.05, 0) is 94.9 Å². The summed E-state index contributed by atoms with van der Waals surface area (Å²) in [5, 5.41) is 0. The van der Waals surface area contributed by atoms with Gasteiger partial charge in [0.2, 0.25) is 5.91 Å². The Labute approximate surface area is 182 Å². The van der Waals surface area contributed by atoms with Crippen molar-refractivity contribution >= 4 is 11.6 Å². The number of benzene rings is 1. The average molecular weight is 411 g/mol. The van der Waals surface area contributed by atoms with E-state index in [4.69, 9.17) is 4.74 Å². The number of anilines is 1. The fraction of sp³-hybridized carbons (Fsp3) is 0.731. The summed E-state index contributed by atoms with van der Waals surface area (Å²) < 4.78 is 5.51. The van der Waals surface area contributed by atoms with Crippen LogP contribution in [0.2, 0.25) is 0 Å². The molecule has 5 rings (SSSR count). The van der Waals surface area contributed by atoms with Gasteiger partial charge in [-0.15, -0.1) is 0 Å². The molecule has 4 heteroatoms. The van der Waals surface area contributed by atoms with E-state index in [9.17, 15) is 4.79 Å². The van der Waals surface area contributed by atoms with Crippen LogP contribution in [0.5, 0.6) is 0 Å². The molecule has 0 unspecified atom stereocenters. The first kappa shape index (κ1) is 20.5. The largest absolute Gasteiger partial charge is 0.381 e. The molecule has 1 aromatic carbocycles. The number of nitrogens with zero attached hydrogens (tertiary/aromatic N) is 2. The molecule has 1 amide bonds. The maximum absolute atomic E-state index is 13.1. The molecule has 164 valence electrons. The van der Waals surface area contributed by atoms with Crippen LogP contribution in [0.3, 0.4) is 0 Å². The van der Waals surface area contributed by atoms with Crippen molar-refractivity contribution in [3.63, 3.8) is 0 Å². The van der Waals surface area contributed by atoms with E-state index in [-0.39, 0.29) is 5.41 Å². The van der Waals surface area contributed by atoms with Crippen LogP contribution >= 0.6 is 0 Å². The van der Waals surface area contributed by atoms with Crippen LogP contribution in [0.25, 0.3) is 0 Å². The summed E-state index contributed by atoms with van der Waals surface area (Å²) in [5.74, 6) is 1.02. The van der Waals surface area contributed by atoms with Crippen LogP contribution in [0.1, 0.15) is 82.6 Å². The number of likely N-dealkylation sites (tertiary alicyclic amines) is 1. The lowest BCUT2D eigenvalue weighted by atomic mass is 9.79. The number of piperidine rings is 1. The zero-order chi connectivity index (χ0) is 20.6. The van der Waals surface area contributed by atoms with E-state index in [1.807, 2.05) is 4.90 Å². The highest BCUT2D eigenvalue weighted by Gasteiger charge is 2.47. The summed E-state index contributed by atoms with van der Waals surface area (Å²) in [5.41, 5.74) is 2.40. The molecule has 0 N–H and O–H groups in total. The molecule has 1 aromatic rings.